The number of anilines is 2. The van der Waals surface area contributed by atoms with Crippen molar-refractivity contribution in [3.8, 4) is 11.3 Å². The summed E-state index contributed by atoms with van der Waals surface area (Å²) in [6.45, 7) is -0.131. The van der Waals surface area contributed by atoms with Gasteiger partial charge in [-0.3, -0.25) is 4.79 Å². The van der Waals surface area contributed by atoms with Crippen LogP contribution in [0, 0.1) is 5.82 Å². The van der Waals surface area contributed by atoms with Gasteiger partial charge in [-0.1, -0.05) is 48.0 Å². The minimum Gasteiger partial charge on any atom is -0.384 e. The van der Waals surface area contributed by atoms with E-state index >= 15 is 0 Å². The molecule has 3 N–H and O–H groups in total. The largest absolute Gasteiger partial charge is 0.384 e. The first-order valence-electron chi connectivity index (χ1n) is 11.0. The van der Waals surface area contributed by atoms with Crippen LogP contribution in [0.25, 0.3) is 11.3 Å². The standard InChI is InChI=1S/C26H22ClFN4O3/c27-18-4-1-3-16(11-18)13-31(19-9-7-17(8-10-19)22-12-29-15-30-22)23(33)14-32-24-20(25(34)26(32)35)5-2-6-21(24)28/h1-12,15,25-26,34-35H,13-14H2,(H,29,30). The smallest absolute Gasteiger partial charge is 0.246 e. The van der Waals surface area contributed by atoms with Crippen LogP contribution in [0.2, 0.25) is 5.02 Å². The zero-order valence-electron chi connectivity index (χ0n) is 18.5. The lowest BCUT2D eigenvalue weighted by Crippen LogP contribution is -2.44. The SMILES string of the molecule is O=C(CN1c2c(F)cccc2C(O)C1O)N(Cc1cccc(Cl)c1)c1ccc(-c2cnc[nH]2)cc1. The number of para-hydroxylation sites is 1. The van der Waals surface area contributed by atoms with Crippen molar-refractivity contribution in [2.45, 2.75) is 18.9 Å². The number of aliphatic hydroxyl groups is 2. The Morgan fingerprint density at radius 2 is 1.89 bits per heavy atom. The quantitative estimate of drug-likeness (QED) is 0.374. The number of nitrogens with zero attached hydrogens (tertiary/aromatic N) is 3. The highest BCUT2D eigenvalue weighted by molar-refractivity contribution is 6.30. The predicted octanol–water partition coefficient (Wildman–Crippen LogP) is 4.27. The highest BCUT2D eigenvalue weighted by Gasteiger charge is 2.39. The maximum absolute atomic E-state index is 14.6. The van der Waals surface area contributed by atoms with E-state index < -0.39 is 18.1 Å². The van der Waals surface area contributed by atoms with Crippen molar-refractivity contribution in [3.63, 3.8) is 0 Å². The highest BCUT2D eigenvalue weighted by atomic mass is 35.5. The van der Waals surface area contributed by atoms with Crippen LogP contribution in [0.5, 0.6) is 0 Å². The third kappa shape index (κ3) is 4.51. The number of carbonyl (C=O) groups is 1. The molecule has 9 heteroatoms. The van der Waals surface area contributed by atoms with Crippen LogP contribution in [-0.4, -0.2) is 38.9 Å². The molecule has 0 fully saturated rings. The van der Waals surface area contributed by atoms with Crippen LogP contribution < -0.4 is 9.80 Å². The molecular formula is C26H22ClFN4O3. The van der Waals surface area contributed by atoms with Gasteiger partial charge in [0, 0.05) is 16.3 Å². The molecule has 0 saturated heterocycles. The maximum atomic E-state index is 14.6. The molecule has 0 spiro atoms. The van der Waals surface area contributed by atoms with Gasteiger partial charge in [0.1, 0.15) is 18.5 Å². The van der Waals surface area contributed by atoms with Gasteiger partial charge in [-0.15, -0.1) is 0 Å². The number of nitrogens with one attached hydrogen (secondary N) is 1. The molecule has 2 heterocycles. The summed E-state index contributed by atoms with van der Waals surface area (Å²) < 4.78 is 14.6. The van der Waals surface area contributed by atoms with E-state index in [0.717, 1.165) is 16.8 Å². The fourth-order valence-electron chi connectivity index (χ4n) is 4.32. The average molecular weight is 493 g/mol. The fourth-order valence-corrected chi connectivity index (χ4v) is 4.53. The van der Waals surface area contributed by atoms with E-state index in [2.05, 4.69) is 9.97 Å². The van der Waals surface area contributed by atoms with E-state index in [9.17, 15) is 19.4 Å². The molecule has 0 radical (unpaired) electrons. The minimum atomic E-state index is -1.44. The number of aromatic nitrogens is 2. The predicted molar refractivity (Wildman–Crippen MR) is 131 cm³/mol. The maximum Gasteiger partial charge on any atom is 0.246 e. The summed E-state index contributed by atoms with van der Waals surface area (Å²) in [4.78, 5) is 23.4. The molecule has 178 valence electrons. The Balaban J connectivity index is 1.47. The Morgan fingerprint density at radius 1 is 1.11 bits per heavy atom. The second kappa shape index (κ2) is 9.50. The lowest BCUT2D eigenvalue weighted by atomic mass is 10.1. The van der Waals surface area contributed by atoms with Gasteiger partial charge >= 0.3 is 0 Å². The van der Waals surface area contributed by atoms with Gasteiger partial charge in [-0.25, -0.2) is 9.37 Å². The number of halogens is 2. The summed E-state index contributed by atoms with van der Waals surface area (Å²) in [6.07, 6.45) is 0.534. The van der Waals surface area contributed by atoms with E-state index in [1.807, 2.05) is 30.3 Å². The van der Waals surface area contributed by atoms with E-state index in [1.54, 1.807) is 35.6 Å². The second-order valence-corrected chi connectivity index (χ2v) is 8.72. The Morgan fingerprint density at radius 3 is 2.60 bits per heavy atom. The van der Waals surface area contributed by atoms with Crippen LogP contribution in [0.3, 0.4) is 0 Å². The number of imidazole rings is 1. The molecular weight excluding hydrogens is 471 g/mol. The first kappa shape index (κ1) is 23.0. The normalized spacial score (nSPS) is 16.9. The summed E-state index contributed by atoms with van der Waals surface area (Å²) in [6, 6.07) is 18.8. The van der Waals surface area contributed by atoms with Crippen molar-refractivity contribution in [2.75, 3.05) is 16.3 Å². The van der Waals surface area contributed by atoms with Crippen molar-refractivity contribution < 1.29 is 19.4 Å². The zero-order valence-corrected chi connectivity index (χ0v) is 19.2. The molecule has 3 aromatic carbocycles. The van der Waals surface area contributed by atoms with Crippen LogP contribution in [-0.2, 0) is 11.3 Å². The fraction of sp³-hybridized carbons (Fsp3) is 0.154. The average Bonchev–Trinajstić information content (AvgIpc) is 3.47. The van der Waals surface area contributed by atoms with E-state index in [-0.39, 0.29) is 30.2 Å². The number of fused-ring (bicyclic) bond motifs is 1. The molecule has 2 unspecified atom stereocenters. The van der Waals surface area contributed by atoms with E-state index in [0.29, 0.717) is 10.7 Å². The van der Waals surface area contributed by atoms with E-state index in [4.69, 9.17) is 11.6 Å². The van der Waals surface area contributed by atoms with Crippen LogP contribution in [0.1, 0.15) is 17.2 Å². The van der Waals surface area contributed by atoms with Gasteiger partial charge in [0.05, 0.1) is 30.5 Å². The summed E-state index contributed by atoms with van der Waals surface area (Å²) in [5.74, 6) is -1.00. The van der Waals surface area contributed by atoms with Crippen LogP contribution >= 0.6 is 11.6 Å². The molecule has 1 aromatic heterocycles. The Hall–Kier alpha value is -3.72. The Kier molecular flexibility index (Phi) is 6.25. The number of benzene rings is 3. The van der Waals surface area contributed by atoms with Gasteiger partial charge in [-0.2, -0.15) is 0 Å². The van der Waals surface area contributed by atoms with Crippen molar-refractivity contribution in [2.24, 2.45) is 0 Å². The van der Waals surface area contributed by atoms with Crippen LogP contribution in [0.15, 0.2) is 79.3 Å². The molecule has 35 heavy (non-hydrogen) atoms. The van der Waals surface area contributed by atoms with Crippen molar-refractivity contribution in [3.05, 3.63) is 101 Å². The highest BCUT2D eigenvalue weighted by Crippen LogP contribution is 2.40. The molecule has 1 amide bonds. The van der Waals surface area contributed by atoms with Crippen molar-refractivity contribution in [1.82, 2.24) is 9.97 Å². The van der Waals surface area contributed by atoms with Crippen molar-refractivity contribution >= 4 is 28.9 Å². The molecule has 0 bridgehead atoms. The summed E-state index contributed by atoms with van der Waals surface area (Å²) >= 11 is 6.15. The number of hydrogen-bond donors (Lipinski definition) is 3. The topological polar surface area (TPSA) is 92.7 Å². The molecule has 4 aromatic rings. The molecule has 7 nitrogen and oxygen atoms in total. The Labute approximate surface area is 206 Å². The second-order valence-electron chi connectivity index (χ2n) is 8.29. The minimum absolute atomic E-state index is 0.0261. The number of H-pyrrole nitrogens is 1. The summed E-state index contributed by atoms with van der Waals surface area (Å²) in [5.41, 5.74) is 3.42. The molecule has 1 aliphatic rings. The van der Waals surface area contributed by atoms with Gasteiger partial charge in [-0.05, 0) is 41.5 Å². The monoisotopic (exact) mass is 492 g/mol. The molecule has 1 aliphatic heterocycles. The number of rotatable bonds is 6. The van der Waals surface area contributed by atoms with Gasteiger partial charge in [0.2, 0.25) is 5.91 Å². The Bertz CT molecular complexity index is 1350. The summed E-state index contributed by atoms with van der Waals surface area (Å²) in [5, 5.41) is 21.5. The molecule has 5 rings (SSSR count). The number of aromatic amines is 1. The number of amides is 1. The zero-order chi connectivity index (χ0) is 24.5. The van der Waals surface area contributed by atoms with Gasteiger partial charge in [0.15, 0.2) is 6.23 Å². The van der Waals surface area contributed by atoms with Gasteiger partial charge < -0.3 is 25.0 Å². The number of aliphatic hydroxyl groups excluding tert-OH is 2. The lowest BCUT2D eigenvalue weighted by Gasteiger charge is -2.29. The lowest BCUT2D eigenvalue weighted by molar-refractivity contribution is -0.118. The molecule has 2 atom stereocenters. The third-order valence-corrected chi connectivity index (χ3v) is 6.29. The van der Waals surface area contributed by atoms with Crippen LogP contribution in [0.4, 0.5) is 15.8 Å². The number of carbonyl (C=O) groups excluding carboxylic acids is 1. The first-order valence-corrected chi connectivity index (χ1v) is 11.3. The molecule has 0 aliphatic carbocycles. The van der Waals surface area contributed by atoms with Gasteiger partial charge in [0.25, 0.3) is 0 Å². The van der Waals surface area contributed by atoms with Crippen molar-refractivity contribution in [1.29, 1.82) is 0 Å². The van der Waals surface area contributed by atoms with E-state index in [1.165, 1.54) is 23.1 Å². The third-order valence-electron chi connectivity index (χ3n) is 6.05. The first-order chi connectivity index (χ1) is 16.9. The molecule has 0 saturated carbocycles. The summed E-state index contributed by atoms with van der Waals surface area (Å²) in [7, 11) is 0. The number of hydrogen-bond acceptors (Lipinski definition) is 5.